The number of carbonyl (C=O) groups is 1. The second-order valence-electron chi connectivity index (χ2n) is 7.50. The molecular formula is C26H20N4O4. The van der Waals surface area contributed by atoms with Crippen LogP contribution in [0.15, 0.2) is 91.1 Å². The highest BCUT2D eigenvalue weighted by molar-refractivity contribution is 5.85. The van der Waals surface area contributed by atoms with E-state index in [0.29, 0.717) is 23.2 Å². The summed E-state index contributed by atoms with van der Waals surface area (Å²) >= 11 is 0. The molecule has 2 heterocycles. The Morgan fingerprint density at radius 1 is 0.853 bits per heavy atom. The molecule has 0 atom stereocenters. The molecule has 0 spiro atoms. The number of ether oxygens (including phenoxy) is 2. The first kappa shape index (κ1) is 21.0. The molecule has 0 aliphatic heterocycles. The molecule has 8 heteroatoms. The minimum Gasteiger partial charge on any atom is -0.477 e. The van der Waals surface area contributed by atoms with Crippen molar-refractivity contribution in [2.24, 2.45) is 7.05 Å². The molecule has 0 amide bonds. The van der Waals surface area contributed by atoms with Gasteiger partial charge in [-0.25, -0.2) is 14.8 Å². The quantitative estimate of drug-likeness (QED) is 0.313. The number of pyridine rings is 1. The smallest absolute Gasteiger partial charge is 0.354 e. The Balaban J connectivity index is 1.37. The number of carboxylic acid groups (broad SMARTS) is 1. The van der Waals surface area contributed by atoms with Crippen LogP contribution in [0.2, 0.25) is 0 Å². The number of hydrogen-bond donors (Lipinski definition) is 2. The van der Waals surface area contributed by atoms with Crippen LogP contribution in [0.5, 0.6) is 23.0 Å². The second-order valence-corrected chi connectivity index (χ2v) is 7.50. The summed E-state index contributed by atoms with van der Waals surface area (Å²) < 4.78 is 13.7. The number of aryl methyl sites for hydroxylation is 1. The minimum atomic E-state index is -1.11. The van der Waals surface area contributed by atoms with E-state index in [1.54, 1.807) is 12.1 Å². The van der Waals surface area contributed by atoms with Gasteiger partial charge in [-0.05, 0) is 42.5 Å². The fraction of sp³-hybridized carbons (Fsp3) is 0.0385. The standard InChI is InChI=1S/C26H20N4O4/c1-30-24-11-10-20(34-21-12-13-27-23(16-21)25(31)32)15-22(24)29-26(30)28-17-6-5-9-19(14-17)33-18-7-3-2-4-8-18/h2-16H,1H3,(H,28,29)(H,31,32). The number of aromatic carboxylic acids is 1. The Hall–Kier alpha value is -4.85. The van der Waals surface area contributed by atoms with Crippen LogP contribution in [0, 0.1) is 0 Å². The van der Waals surface area contributed by atoms with Gasteiger partial charge < -0.3 is 24.5 Å². The van der Waals surface area contributed by atoms with Gasteiger partial charge in [0.15, 0.2) is 5.69 Å². The van der Waals surface area contributed by atoms with Crippen molar-refractivity contribution >= 4 is 28.6 Å². The van der Waals surface area contributed by atoms with Gasteiger partial charge in [0.1, 0.15) is 23.0 Å². The summed E-state index contributed by atoms with van der Waals surface area (Å²) in [5.74, 6) is 1.94. The van der Waals surface area contributed by atoms with E-state index in [1.807, 2.05) is 78.3 Å². The van der Waals surface area contributed by atoms with Gasteiger partial charge in [0.05, 0.1) is 11.0 Å². The van der Waals surface area contributed by atoms with Gasteiger partial charge in [0.25, 0.3) is 0 Å². The van der Waals surface area contributed by atoms with Crippen molar-refractivity contribution in [1.29, 1.82) is 0 Å². The molecule has 0 saturated heterocycles. The van der Waals surface area contributed by atoms with Crippen molar-refractivity contribution in [3.8, 4) is 23.0 Å². The molecule has 5 aromatic rings. The second kappa shape index (κ2) is 8.95. The number of imidazole rings is 1. The molecule has 2 aromatic heterocycles. The molecule has 0 aliphatic carbocycles. The van der Waals surface area contributed by atoms with Crippen molar-refractivity contribution in [2.75, 3.05) is 5.32 Å². The number of anilines is 2. The number of carboxylic acids is 1. The van der Waals surface area contributed by atoms with Crippen LogP contribution in [0.25, 0.3) is 11.0 Å². The zero-order valence-corrected chi connectivity index (χ0v) is 18.2. The van der Waals surface area contributed by atoms with Crippen LogP contribution >= 0.6 is 0 Å². The lowest BCUT2D eigenvalue weighted by atomic mass is 10.3. The molecule has 8 nitrogen and oxygen atoms in total. The van der Waals surface area contributed by atoms with Crippen molar-refractivity contribution in [2.45, 2.75) is 0 Å². The van der Waals surface area contributed by atoms with Crippen LogP contribution in [0.3, 0.4) is 0 Å². The molecule has 5 rings (SSSR count). The first-order valence-corrected chi connectivity index (χ1v) is 10.5. The molecule has 0 saturated carbocycles. The molecular weight excluding hydrogens is 432 g/mol. The molecule has 0 unspecified atom stereocenters. The fourth-order valence-electron chi connectivity index (χ4n) is 3.47. The van der Waals surface area contributed by atoms with Crippen LogP contribution in [0.4, 0.5) is 11.6 Å². The van der Waals surface area contributed by atoms with E-state index < -0.39 is 5.97 Å². The molecule has 0 fully saturated rings. The summed E-state index contributed by atoms with van der Waals surface area (Å²) in [7, 11) is 1.92. The average Bonchev–Trinajstić information content (AvgIpc) is 3.14. The number of benzene rings is 3. The van der Waals surface area contributed by atoms with E-state index in [9.17, 15) is 4.79 Å². The summed E-state index contributed by atoms with van der Waals surface area (Å²) in [5.41, 5.74) is 2.39. The third-order valence-electron chi connectivity index (χ3n) is 5.11. The predicted molar refractivity (Wildman–Crippen MR) is 128 cm³/mol. The SMILES string of the molecule is Cn1c(Nc2cccc(Oc3ccccc3)c2)nc2cc(Oc3ccnc(C(=O)O)c3)ccc21. The number of hydrogen-bond acceptors (Lipinski definition) is 6. The lowest BCUT2D eigenvalue weighted by molar-refractivity contribution is 0.0690. The van der Waals surface area contributed by atoms with Gasteiger partial charge in [-0.3, -0.25) is 0 Å². The van der Waals surface area contributed by atoms with Gasteiger partial charge in [-0.2, -0.15) is 0 Å². The Bertz CT molecular complexity index is 1480. The highest BCUT2D eigenvalue weighted by Crippen LogP contribution is 2.29. The normalized spacial score (nSPS) is 10.7. The van der Waals surface area contributed by atoms with Gasteiger partial charge in [-0.1, -0.05) is 24.3 Å². The van der Waals surface area contributed by atoms with E-state index in [1.165, 1.54) is 12.3 Å². The van der Waals surface area contributed by atoms with Crippen molar-refractivity contribution in [3.05, 3.63) is 96.8 Å². The molecule has 0 radical (unpaired) electrons. The van der Waals surface area contributed by atoms with E-state index >= 15 is 0 Å². The van der Waals surface area contributed by atoms with E-state index in [2.05, 4.69) is 10.3 Å². The lowest BCUT2D eigenvalue weighted by Crippen LogP contribution is -1.99. The molecule has 0 aliphatic rings. The average molecular weight is 452 g/mol. The monoisotopic (exact) mass is 452 g/mol. The zero-order valence-electron chi connectivity index (χ0n) is 18.2. The number of nitrogens with zero attached hydrogens (tertiary/aromatic N) is 3. The highest BCUT2D eigenvalue weighted by atomic mass is 16.5. The number of rotatable bonds is 7. The largest absolute Gasteiger partial charge is 0.477 e. The van der Waals surface area contributed by atoms with Gasteiger partial charge >= 0.3 is 5.97 Å². The Kier molecular flexibility index (Phi) is 5.53. The lowest BCUT2D eigenvalue weighted by Gasteiger charge is -2.09. The molecule has 168 valence electrons. The summed E-state index contributed by atoms with van der Waals surface area (Å²) in [6.07, 6.45) is 1.40. The topological polar surface area (TPSA) is 98.5 Å². The molecule has 0 bridgehead atoms. The third-order valence-corrected chi connectivity index (χ3v) is 5.11. The maximum Gasteiger partial charge on any atom is 0.354 e. The predicted octanol–water partition coefficient (Wildman–Crippen LogP) is 5.99. The number of aromatic nitrogens is 3. The fourth-order valence-corrected chi connectivity index (χ4v) is 3.47. The summed E-state index contributed by atoms with van der Waals surface area (Å²) in [6.45, 7) is 0. The highest BCUT2D eigenvalue weighted by Gasteiger charge is 2.11. The van der Waals surface area contributed by atoms with E-state index in [0.717, 1.165) is 22.5 Å². The van der Waals surface area contributed by atoms with Crippen LogP contribution in [-0.2, 0) is 7.05 Å². The Labute approximate surface area is 195 Å². The Morgan fingerprint density at radius 3 is 2.41 bits per heavy atom. The van der Waals surface area contributed by atoms with E-state index in [-0.39, 0.29) is 5.69 Å². The first-order valence-electron chi connectivity index (χ1n) is 10.5. The maximum absolute atomic E-state index is 11.1. The summed E-state index contributed by atoms with van der Waals surface area (Å²) in [5, 5.41) is 12.5. The van der Waals surface area contributed by atoms with Crippen molar-refractivity contribution in [3.63, 3.8) is 0 Å². The zero-order chi connectivity index (χ0) is 23.5. The summed E-state index contributed by atoms with van der Waals surface area (Å²) in [4.78, 5) is 19.6. The molecule has 2 N–H and O–H groups in total. The maximum atomic E-state index is 11.1. The van der Waals surface area contributed by atoms with Gasteiger partial charge in [0.2, 0.25) is 5.95 Å². The minimum absolute atomic E-state index is 0.0821. The Morgan fingerprint density at radius 2 is 1.59 bits per heavy atom. The van der Waals surface area contributed by atoms with Gasteiger partial charge in [-0.15, -0.1) is 0 Å². The molecule has 3 aromatic carbocycles. The van der Waals surface area contributed by atoms with Crippen LogP contribution in [0.1, 0.15) is 10.5 Å². The molecule has 34 heavy (non-hydrogen) atoms. The van der Waals surface area contributed by atoms with E-state index in [4.69, 9.17) is 19.6 Å². The number of para-hydroxylation sites is 1. The van der Waals surface area contributed by atoms with Crippen LogP contribution < -0.4 is 14.8 Å². The van der Waals surface area contributed by atoms with Gasteiger partial charge in [0, 0.05) is 37.1 Å². The first-order chi connectivity index (χ1) is 16.5. The third kappa shape index (κ3) is 4.51. The number of nitrogens with one attached hydrogen (secondary N) is 1. The number of fused-ring (bicyclic) bond motifs is 1. The summed E-state index contributed by atoms with van der Waals surface area (Å²) in [6, 6.07) is 25.7. The van der Waals surface area contributed by atoms with Crippen molar-refractivity contribution in [1.82, 2.24) is 14.5 Å². The van der Waals surface area contributed by atoms with Crippen molar-refractivity contribution < 1.29 is 19.4 Å². The van der Waals surface area contributed by atoms with Crippen LogP contribution in [-0.4, -0.2) is 25.6 Å².